The summed E-state index contributed by atoms with van der Waals surface area (Å²) in [5, 5.41) is 0. The van der Waals surface area contributed by atoms with Crippen molar-refractivity contribution >= 4 is 18.3 Å². The van der Waals surface area contributed by atoms with Gasteiger partial charge in [-0.15, -0.1) is 0 Å². The molecule has 0 radical (unpaired) electrons. The molecular formula is C18H22BNO2. The summed E-state index contributed by atoms with van der Waals surface area (Å²) in [5.41, 5.74) is 9.26. The first-order chi connectivity index (χ1) is 10.3. The molecule has 0 aromatic heterocycles. The van der Waals surface area contributed by atoms with Crippen LogP contribution in [0.5, 0.6) is 0 Å². The van der Waals surface area contributed by atoms with Crippen LogP contribution in [0.1, 0.15) is 27.7 Å². The summed E-state index contributed by atoms with van der Waals surface area (Å²) in [4.78, 5) is 0. The summed E-state index contributed by atoms with van der Waals surface area (Å²) >= 11 is 0. The standard InChI is InChI=1S/C18H22BNO2/c1-17(2)18(3,4)22-19(21-17)15-10-8-13(9-11-15)14-6-5-7-16(20)12-14/h5-12H,20H2,1-4H3. The molecule has 4 heteroatoms. The SMILES string of the molecule is CC1(C)OB(c2ccc(-c3cccc(N)c3)cc2)OC1(C)C. The maximum Gasteiger partial charge on any atom is 0.494 e. The van der Waals surface area contributed by atoms with Gasteiger partial charge in [-0.1, -0.05) is 36.4 Å². The first kappa shape index (κ1) is 15.1. The lowest BCUT2D eigenvalue weighted by Gasteiger charge is -2.32. The van der Waals surface area contributed by atoms with E-state index in [9.17, 15) is 0 Å². The number of nitrogens with two attached hydrogens (primary N) is 1. The van der Waals surface area contributed by atoms with Gasteiger partial charge in [-0.2, -0.15) is 0 Å². The van der Waals surface area contributed by atoms with Crippen LogP contribution in [-0.2, 0) is 9.31 Å². The van der Waals surface area contributed by atoms with Crippen LogP contribution in [0.4, 0.5) is 5.69 Å². The molecule has 2 N–H and O–H groups in total. The normalized spacial score (nSPS) is 19.4. The predicted molar refractivity (Wildman–Crippen MR) is 92.0 cm³/mol. The third-order valence-corrected chi connectivity index (χ3v) is 4.66. The zero-order chi connectivity index (χ0) is 16.0. The molecule has 0 spiro atoms. The van der Waals surface area contributed by atoms with Gasteiger partial charge in [0, 0.05) is 5.69 Å². The molecule has 1 aliphatic heterocycles. The lowest BCUT2D eigenvalue weighted by molar-refractivity contribution is 0.00578. The predicted octanol–water partition coefficient (Wildman–Crippen LogP) is 3.24. The lowest BCUT2D eigenvalue weighted by Crippen LogP contribution is -2.41. The van der Waals surface area contributed by atoms with Crippen LogP contribution >= 0.6 is 0 Å². The highest BCUT2D eigenvalue weighted by atomic mass is 16.7. The van der Waals surface area contributed by atoms with Gasteiger partial charge in [-0.25, -0.2) is 0 Å². The molecule has 22 heavy (non-hydrogen) atoms. The van der Waals surface area contributed by atoms with Gasteiger partial charge in [0.2, 0.25) is 0 Å². The van der Waals surface area contributed by atoms with Gasteiger partial charge in [-0.05, 0) is 56.4 Å². The third-order valence-electron chi connectivity index (χ3n) is 4.66. The van der Waals surface area contributed by atoms with E-state index in [-0.39, 0.29) is 18.3 Å². The first-order valence-corrected chi connectivity index (χ1v) is 7.60. The van der Waals surface area contributed by atoms with Crippen LogP contribution in [0.2, 0.25) is 0 Å². The number of nitrogen functional groups attached to an aromatic ring is 1. The van der Waals surface area contributed by atoms with Crippen LogP contribution in [-0.4, -0.2) is 18.3 Å². The highest BCUT2D eigenvalue weighted by molar-refractivity contribution is 6.62. The van der Waals surface area contributed by atoms with Crippen molar-refractivity contribution in [1.82, 2.24) is 0 Å². The van der Waals surface area contributed by atoms with E-state index in [4.69, 9.17) is 15.0 Å². The minimum absolute atomic E-state index is 0.315. The smallest absolute Gasteiger partial charge is 0.399 e. The largest absolute Gasteiger partial charge is 0.494 e. The van der Waals surface area contributed by atoms with E-state index < -0.39 is 0 Å². The quantitative estimate of drug-likeness (QED) is 0.683. The fourth-order valence-corrected chi connectivity index (χ4v) is 2.53. The second-order valence-electron chi connectivity index (χ2n) is 6.84. The highest BCUT2D eigenvalue weighted by Crippen LogP contribution is 2.36. The van der Waals surface area contributed by atoms with E-state index in [1.807, 2.05) is 18.2 Å². The van der Waals surface area contributed by atoms with Crippen molar-refractivity contribution in [2.24, 2.45) is 0 Å². The van der Waals surface area contributed by atoms with Gasteiger partial charge in [0.15, 0.2) is 0 Å². The minimum atomic E-state index is -0.320. The average molecular weight is 295 g/mol. The molecule has 0 aliphatic carbocycles. The molecule has 3 nitrogen and oxygen atoms in total. The summed E-state index contributed by atoms with van der Waals surface area (Å²) in [6, 6.07) is 16.2. The Morgan fingerprint density at radius 3 is 1.95 bits per heavy atom. The molecule has 0 amide bonds. The summed E-state index contributed by atoms with van der Waals surface area (Å²) in [6.45, 7) is 8.25. The fraction of sp³-hybridized carbons (Fsp3) is 0.333. The molecule has 1 aliphatic rings. The van der Waals surface area contributed by atoms with Gasteiger partial charge < -0.3 is 15.0 Å². The Balaban J connectivity index is 1.84. The van der Waals surface area contributed by atoms with E-state index in [1.54, 1.807) is 0 Å². The van der Waals surface area contributed by atoms with Crippen LogP contribution in [0.3, 0.4) is 0 Å². The van der Waals surface area contributed by atoms with Crippen LogP contribution < -0.4 is 11.2 Å². The van der Waals surface area contributed by atoms with Crippen molar-refractivity contribution in [1.29, 1.82) is 0 Å². The van der Waals surface area contributed by atoms with Crippen molar-refractivity contribution in [2.75, 3.05) is 5.73 Å². The molecule has 1 fully saturated rings. The molecule has 0 bridgehead atoms. The molecule has 2 aromatic carbocycles. The topological polar surface area (TPSA) is 44.5 Å². The number of hydrogen-bond donors (Lipinski definition) is 1. The zero-order valence-corrected chi connectivity index (χ0v) is 13.6. The Hall–Kier alpha value is -1.78. The van der Waals surface area contributed by atoms with Gasteiger partial charge in [0.1, 0.15) is 0 Å². The fourth-order valence-electron chi connectivity index (χ4n) is 2.53. The van der Waals surface area contributed by atoms with Gasteiger partial charge >= 0.3 is 7.12 Å². The van der Waals surface area contributed by atoms with Crippen molar-refractivity contribution in [3.8, 4) is 11.1 Å². The van der Waals surface area contributed by atoms with E-state index in [2.05, 4.69) is 58.0 Å². The zero-order valence-electron chi connectivity index (χ0n) is 13.6. The number of benzene rings is 2. The monoisotopic (exact) mass is 295 g/mol. The Morgan fingerprint density at radius 1 is 0.818 bits per heavy atom. The minimum Gasteiger partial charge on any atom is -0.399 e. The summed E-state index contributed by atoms with van der Waals surface area (Å²) in [6.07, 6.45) is 0. The molecule has 1 heterocycles. The second-order valence-corrected chi connectivity index (χ2v) is 6.84. The molecule has 0 saturated carbocycles. The Labute approximate surface area is 132 Å². The number of rotatable bonds is 2. The maximum atomic E-state index is 6.07. The summed E-state index contributed by atoms with van der Waals surface area (Å²) in [7, 11) is -0.320. The van der Waals surface area contributed by atoms with Gasteiger partial charge in [0.25, 0.3) is 0 Å². The first-order valence-electron chi connectivity index (χ1n) is 7.60. The summed E-state index contributed by atoms with van der Waals surface area (Å²) < 4.78 is 12.1. The molecule has 2 aromatic rings. The van der Waals surface area contributed by atoms with Crippen molar-refractivity contribution < 1.29 is 9.31 Å². The van der Waals surface area contributed by atoms with Gasteiger partial charge in [0.05, 0.1) is 11.2 Å². The van der Waals surface area contributed by atoms with E-state index in [0.29, 0.717) is 0 Å². The van der Waals surface area contributed by atoms with E-state index in [0.717, 1.165) is 22.3 Å². The van der Waals surface area contributed by atoms with Crippen molar-refractivity contribution in [3.05, 3.63) is 48.5 Å². The molecule has 0 unspecified atom stereocenters. The Bertz CT molecular complexity index is 664. The third kappa shape index (κ3) is 2.64. The number of anilines is 1. The molecule has 1 saturated heterocycles. The lowest BCUT2D eigenvalue weighted by atomic mass is 9.78. The molecule has 0 atom stereocenters. The maximum absolute atomic E-state index is 6.07. The van der Waals surface area contributed by atoms with E-state index in [1.165, 1.54) is 0 Å². The van der Waals surface area contributed by atoms with Crippen LogP contribution in [0, 0.1) is 0 Å². The van der Waals surface area contributed by atoms with Crippen LogP contribution in [0.25, 0.3) is 11.1 Å². The molecule has 3 rings (SSSR count). The highest BCUT2D eigenvalue weighted by Gasteiger charge is 2.51. The van der Waals surface area contributed by atoms with E-state index >= 15 is 0 Å². The Kier molecular flexibility index (Phi) is 3.54. The van der Waals surface area contributed by atoms with Crippen molar-refractivity contribution in [3.63, 3.8) is 0 Å². The summed E-state index contributed by atoms with van der Waals surface area (Å²) in [5.74, 6) is 0. The van der Waals surface area contributed by atoms with Gasteiger partial charge in [-0.3, -0.25) is 0 Å². The molecule has 114 valence electrons. The van der Waals surface area contributed by atoms with Crippen molar-refractivity contribution in [2.45, 2.75) is 38.9 Å². The number of hydrogen-bond acceptors (Lipinski definition) is 3. The Morgan fingerprint density at radius 2 is 1.41 bits per heavy atom. The molecular weight excluding hydrogens is 273 g/mol. The second kappa shape index (κ2) is 5.15. The van der Waals surface area contributed by atoms with Crippen LogP contribution in [0.15, 0.2) is 48.5 Å². The average Bonchev–Trinajstić information content (AvgIpc) is 2.68.